The highest BCUT2D eigenvalue weighted by atomic mass is 32.2. The van der Waals surface area contributed by atoms with Crippen LogP contribution in [0.3, 0.4) is 0 Å². The Morgan fingerprint density at radius 1 is 1.33 bits per heavy atom. The van der Waals surface area contributed by atoms with Gasteiger partial charge in [-0.05, 0) is 13.8 Å². The molecular weight excluding hydrogens is 296 g/mol. The van der Waals surface area contributed by atoms with Crippen LogP contribution in [-0.2, 0) is 21.4 Å². The first-order valence-corrected chi connectivity index (χ1v) is 8.23. The largest absolute Gasteiger partial charge is 0.480 e. The van der Waals surface area contributed by atoms with Crippen LogP contribution in [0.5, 0.6) is 0 Å². The Bertz CT molecular complexity index is 603. The molecule has 0 aromatic carbocycles. The summed E-state index contributed by atoms with van der Waals surface area (Å²) >= 11 is 0. The molecule has 2 heterocycles. The van der Waals surface area contributed by atoms with Crippen LogP contribution >= 0.6 is 0 Å². The second-order valence-electron chi connectivity index (χ2n) is 5.30. The van der Waals surface area contributed by atoms with E-state index >= 15 is 0 Å². The van der Waals surface area contributed by atoms with Gasteiger partial charge in [-0.25, -0.2) is 8.42 Å². The number of nitrogens with zero attached hydrogens (tertiary/aromatic N) is 4. The van der Waals surface area contributed by atoms with Gasteiger partial charge in [0.2, 0.25) is 10.0 Å². The summed E-state index contributed by atoms with van der Waals surface area (Å²) in [5.41, 5.74) is 0. The molecule has 0 unspecified atom stereocenters. The maximum absolute atomic E-state index is 12.5. The van der Waals surface area contributed by atoms with E-state index in [4.69, 9.17) is 5.11 Å². The second-order valence-corrected chi connectivity index (χ2v) is 7.24. The predicted molar refractivity (Wildman–Crippen MR) is 75.3 cm³/mol. The summed E-state index contributed by atoms with van der Waals surface area (Å²) < 4.78 is 27.5. The molecular formula is C12H20N4O4S. The highest BCUT2D eigenvalue weighted by Crippen LogP contribution is 2.17. The van der Waals surface area contributed by atoms with Gasteiger partial charge in [0.05, 0.1) is 6.20 Å². The van der Waals surface area contributed by atoms with Crippen molar-refractivity contribution in [3.8, 4) is 0 Å². The molecule has 1 aliphatic rings. The zero-order valence-corrected chi connectivity index (χ0v) is 13.0. The van der Waals surface area contributed by atoms with Crippen molar-refractivity contribution in [2.45, 2.75) is 31.3 Å². The summed E-state index contributed by atoms with van der Waals surface area (Å²) in [6, 6.07) is 0.396. The molecule has 1 aromatic rings. The first-order valence-electron chi connectivity index (χ1n) is 6.79. The number of carboxylic acids is 1. The summed E-state index contributed by atoms with van der Waals surface area (Å²) in [5.74, 6) is -1.06. The minimum absolute atomic E-state index is 0.0433. The van der Waals surface area contributed by atoms with Crippen molar-refractivity contribution in [2.24, 2.45) is 0 Å². The van der Waals surface area contributed by atoms with Crippen molar-refractivity contribution in [1.29, 1.82) is 0 Å². The minimum Gasteiger partial charge on any atom is -0.480 e. The van der Waals surface area contributed by atoms with E-state index < -0.39 is 16.0 Å². The van der Waals surface area contributed by atoms with E-state index in [1.54, 1.807) is 0 Å². The molecule has 2 rings (SSSR count). The zero-order chi connectivity index (χ0) is 15.6. The van der Waals surface area contributed by atoms with Crippen molar-refractivity contribution in [2.75, 3.05) is 26.2 Å². The van der Waals surface area contributed by atoms with E-state index in [1.807, 2.05) is 0 Å². The van der Waals surface area contributed by atoms with Gasteiger partial charge in [-0.2, -0.15) is 9.40 Å². The summed E-state index contributed by atoms with van der Waals surface area (Å²) in [6.45, 7) is 6.08. The van der Waals surface area contributed by atoms with Crippen LogP contribution < -0.4 is 0 Å². The van der Waals surface area contributed by atoms with Crippen LogP contribution in [0, 0.1) is 0 Å². The number of rotatable bonds is 5. The van der Waals surface area contributed by atoms with Gasteiger partial charge in [0.15, 0.2) is 0 Å². The van der Waals surface area contributed by atoms with Gasteiger partial charge in [0.1, 0.15) is 11.4 Å². The average Bonchev–Trinajstić information content (AvgIpc) is 2.87. The Balaban J connectivity index is 2.08. The molecule has 0 saturated carbocycles. The highest BCUT2D eigenvalue weighted by Gasteiger charge is 2.30. The van der Waals surface area contributed by atoms with Crippen LogP contribution in [0.4, 0.5) is 0 Å². The van der Waals surface area contributed by atoms with Crippen molar-refractivity contribution >= 4 is 16.0 Å². The van der Waals surface area contributed by atoms with Gasteiger partial charge in [0.25, 0.3) is 0 Å². The molecule has 118 valence electrons. The lowest BCUT2D eigenvalue weighted by Crippen LogP contribution is -2.50. The molecule has 0 radical (unpaired) electrons. The fourth-order valence-corrected chi connectivity index (χ4v) is 3.69. The van der Waals surface area contributed by atoms with Crippen molar-refractivity contribution in [3.63, 3.8) is 0 Å². The molecule has 0 aliphatic carbocycles. The molecule has 1 aliphatic heterocycles. The van der Waals surface area contributed by atoms with Gasteiger partial charge < -0.3 is 5.11 Å². The lowest BCUT2D eigenvalue weighted by Gasteiger charge is -2.35. The summed E-state index contributed by atoms with van der Waals surface area (Å²) in [6.07, 6.45) is 2.46. The van der Waals surface area contributed by atoms with Crippen molar-refractivity contribution in [1.82, 2.24) is 19.0 Å². The predicted octanol–water partition coefficient (Wildman–Crippen LogP) is -0.318. The van der Waals surface area contributed by atoms with E-state index in [0.29, 0.717) is 32.2 Å². The molecule has 9 heteroatoms. The Hall–Kier alpha value is -1.45. The van der Waals surface area contributed by atoms with E-state index in [9.17, 15) is 13.2 Å². The molecule has 8 nitrogen and oxygen atoms in total. The minimum atomic E-state index is -3.60. The molecule has 1 aromatic heterocycles. The van der Waals surface area contributed by atoms with Crippen LogP contribution in [0.15, 0.2) is 17.3 Å². The molecule has 0 bridgehead atoms. The number of piperazine rings is 1. The van der Waals surface area contributed by atoms with E-state index in [1.165, 1.54) is 16.7 Å². The summed E-state index contributed by atoms with van der Waals surface area (Å²) in [7, 11) is -3.60. The Morgan fingerprint density at radius 2 is 1.95 bits per heavy atom. The molecule has 0 spiro atoms. The van der Waals surface area contributed by atoms with Crippen LogP contribution in [-0.4, -0.2) is 70.7 Å². The fraction of sp³-hybridized carbons (Fsp3) is 0.667. The number of carbonyl (C=O) groups is 1. The Labute approximate surface area is 124 Å². The standard InChI is InChI=1S/C12H20N4O4S/c1-10(2)14-3-5-16(6-4-14)21(19,20)11-7-13-15(8-11)9-12(17)18/h7-8,10H,3-6,9H2,1-2H3,(H,17,18). The number of carboxylic acid groups (broad SMARTS) is 1. The molecule has 0 atom stereocenters. The van der Waals surface area contributed by atoms with Gasteiger partial charge in [-0.3, -0.25) is 14.4 Å². The third kappa shape index (κ3) is 3.60. The Kier molecular flexibility index (Phi) is 4.64. The van der Waals surface area contributed by atoms with Gasteiger partial charge >= 0.3 is 5.97 Å². The topological polar surface area (TPSA) is 95.7 Å². The zero-order valence-electron chi connectivity index (χ0n) is 12.1. The quantitative estimate of drug-likeness (QED) is 0.800. The average molecular weight is 316 g/mol. The van der Waals surface area contributed by atoms with Crippen molar-refractivity contribution in [3.05, 3.63) is 12.4 Å². The summed E-state index contributed by atoms with van der Waals surface area (Å²) in [4.78, 5) is 12.9. The summed E-state index contributed by atoms with van der Waals surface area (Å²) in [5, 5.41) is 12.5. The third-order valence-corrected chi connectivity index (χ3v) is 5.40. The first kappa shape index (κ1) is 15.9. The number of aliphatic carboxylic acids is 1. The number of hydrogen-bond donors (Lipinski definition) is 1. The maximum atomic E-state index is 12.5. The molecule has 21 heavy (non-hydrogen) atoms. The lowest BCUT2D eigenvalue weighted by molar-refractivity contribution is -0.137. The van der Waals surface area contributed by atoms with Gasteiger partial charge in [-0.15, -0.1) is 0 Å². The molecule has 1 N–H and O–H groups in total. The number of aromatic nitrogens is 2. The van der Waals surface area contributed by atoms with Crippen molar-refractivity contribution < 1.29 is 18.3 Å². The first-order chi connectivity index (χ1) is 9.80. The van der Waals surface area contributed by atoms with E-state index in [2.05, 4.69) is 23.8 Å². The lowest BCUT2D eigenvalue weighted by atomic mass is 10.3. The maximum Gasteiger partial charge on any atom is 0.325 e. The number of sulfonamides is 1. The Morgan fingerprint density at radius 3 is 2.48 bits per heavy atom. The number of hydrogen-bond acceptors (Lipinski definition) is 5. The van der Waals surface area contributed by atoms with Crippen LogP contribution in [0.1, 0.15) is 13.8 Å². The normalized spacial score (nSPS) is 18.2. The SMILES string of the molecule is CC(C)N1CCN(S(=O)(=O)c2cnn(CC(=O)O)c2)CC1. The highest BCUT2D eigenvalue weighted by molar-refractivity contribution is 7.89. The fourth-order valence-electron chi connectivity index (χ4n) is 2.31. The van der Waals surface area contributed by atoms with Crippen LogP contribution in [0.25, 0.3) is 0 Å². The van der Waals surface area contributed by atoms with Gasteiger partial charge in [-0.1, -0.05) is 0 Å². The van der Waals surface area contributed by atoms with Crippen LogP contribution in [0.2, 0.25) is 0 Å². The molecule has 1 saturated heterocycles. The van der Waals surface area contributed by atoms with E-state index in [-0.39, 0.29) is 11.4 Å². The van der Waals surface area contributed by atoms with E-state index in [0.717, 1.165) is 4.68 Å². The monoisotopic (exact) mass is 316 g/mol. The smallest absolute Gasteiger partial charge is 0.325 e. The molecule has 1 fully saturated rings. The molecule has 0 amide bonds. The second kappa shape index (κ2) is 6.12. The van der Waals surface area contributed by atoms with Gasteiger partial charge in [0, 0.05) is 38.4 Å². The third-order valence-electron chi connectivity index (χ3n) is 3.55.